The van der Waals surface area contributed by atoms with Gasteiger partial charge in [0.15, 0.2) is 0 Å². The number of rotatable bonds is 5. The van der Waals surface area contributed by atoms with Crippen molar-refractivity contribution < 1.29 is 14.4 Å². The number of halogens is 3. The van der Waals surface area contributed by atoms with Crippen LogP contribution in [0.1, 0.15) is 21.5 Å². The maximum absolute atomic E-state index is 13.1. The Labute approximate surface area is 211 Å². The van der Waals surface area contributed by atoms with E-state index in [1.165, 1.54) is 0 Å². The highest BCUT2D eigenvalue weighted by Gasteiger charge is 2.39. The fourth-order valence-corrected chi connectivity index (χ4v) is 4.06. The Balaban J connectivity index is 1.55. The second-order valence-electron chi connectivity index (χ2n) is 7.71. The number of hydrogen-bond donors (Lipinski definition) is 2. The molecule has 3 aromatic carbocycles. The normalized spacial score (nSPS) is 13.5. The summed E-state index contributed by atoms with van der Waals surface area (Å²) < 4.78 is 0. The monoisotopic (exact) mass is 513 g/mol. The first-order valence-electron chi connectivity index (χ1n) is 10.1. The van der Waals surface area contributed by atoms with Crippen LogP contribution in [0.3, 0.4) is 0 Å². The molecule has 9 heteroatoms. The summed E-state index contributed by atoms with van der Waals surface area (Å²) in [7, 11) is 0. The van der Waals surface area contributed by atoms with Gasteiger partial charge in [0.1, 0.15) is 10.7 Å². The number of hydrogen-bond acceptors (Lipinski definition) is 4. The van der Waals surface area contributed by atoms with Crippen molar-refractivity contribution in [3.05, 3.63) is 98.1 Å². The molecular weight excluding hydrogens is 497 g/mol. The van der Waals surface area contributed by atoms with E-state index in [2.05, 4.69) is 10.6 Å². The summed E-state index contributed by atoms with van der Waals surface area (Å²) in [5.41, 5.74) is 3.39. The summed E-state index contributed by atoms with van der Waals surface area (Å²) >= 11 is 18.2. The Bertz CT molecular complexity index is 1380. The number of aryl methyl sites for hydroxylation is 2. The summed E-state index contributed by atoms with van der Waals surface area (Å²) in [5, 5.41) is 6.09. The zero-order chi connectivity index (χ0) is 24.6. The van der Waals surface area contributed by atoms with Crippen LogP contribution in [-0.4, -0.2) is 17.7 Å². The number of amides is 3. The van der Waals surface area contributed by atoms with Crippen LogP contribution in [0.5, 0.6) is 0 Å². The lowest BCUT2D eigenvalue weighted by atomic mass is 10.1. The van der Waals surface area contributed by atoms with E-state index in [0.29, 0.717) is 32.7 Å². The van der Waals surface area contributed by atoms with Gasteiger partial charge < -0.3 is 10.6 Å². The van der Waals surface area contributed by atoms with Crippen molar-refractivity contribution in [2.45, 2.75) is 13.8 Å². The highest BCUT2D eigenvalue weighted by atomic mass is 35.5. The number of carbonyl (C=O) groups is 3. The minimum atomic E-state index is -0.616. The van der Waals surface area contributed by atoms with Crippen LogP contribution >= 0.6 is 34.8 Å². The lowest BCUT2D eigenvalue weighted by Crippen LogP contribution is -2.32. The maximum atomic E-state index is 13.1. The van der Waals surface area contributed by atoms with Gasteiger partial charge >= 0.3 is 0 Å². The van der Waals surface area contributed by atoms with Gasteiger partial charge in [-0.25, -0.2) is 4.90 Å². The molecule has 6 nitrogen and oxygen atoms in total. The first-order chi connectivity index (χ1) is 16.2. The number of nitrogens with zero attached hydrogens (tertiary/aromatic N) is 1. The first-order valence-corrected chi connectivity index (χ1v) is 11.3. The SMILES string of the molecule is Cc1ccc(N2C(=O)C(Cl)=C(Nc3cccc(C(=O)Nc4ccc(Cl)c(Cl)c4)c3)C2=O)c(C)c1. The quantitative estimate of drug-likeness (QED) is 0.392. The molecule has 1 aliphatic heterocycles. The average molecular weight is 515 g/mol. The molecule has 3 amide bonds. The van der Waals surface area contributed by atoms with E-state index in [1.807, 2.05) is 26.0 Å². The number of benzene rings is 3. The van der Waals surface area contributed by atoms with Gasteiger partial charge in [-0.3, -0.25) is 14.4 Å². The Morgan fingerprint density at radius 3 is 2.29 bits per heavy atom. The molecule has 0 aliphatic carbocycles. The zero-order valence-corrected chi connectivity index (χ0v) is 20.3. The molecule has 172 valence electrons. The van der Waals surface area contributed by atoms with Gasteiger partial charge in [-0.2, -0.15) is 0 Å². The van der Waals surface area contributed by atoms with E-state index >= 15 is 0 Å². The highest BCUT2D eigenvalue weighted by Crippen LogP contribution is 2.32. The number of imide groups is 1. The van der Waals surface area contributed by atoms with Crippen molar-refractivity contribution in [1.29, 1.82) is 0 Å². The van der Waals surface area contributed by atoms with E-state index in [0.717, 1.165) is 16.0 Å². The molecule has 2 N–H and O–H groups in total. The van der Waals surface area contributed by atoms with Crippen LogP contribution < -0.4 is 15.5 Å². The van der Waals surface area contributed by atoms with Gasteiger partial charge in [0, 0.05) is 16.9 Å². The summed E-state index contributed by atoms with van der Waals surface area (Å²) in [5.74, 6) is -1.59. The standard InChI is InChI=1S/C25H18Cl3N3O3/c1-13-6-9-20(14(2)10-13)31-24(33)21(28)22(25(31)34)29-16-5-3-4-15(11-16)23(32)30-17-7-8-18(26)19(27)12-17/h3-12,29H,1-2H3,(H,30,32). The van der Waals surface area contributed by atoms with Gasteiger partial charge in [-0.1, -0.05) is 58.6 Å². The molecule has 0 fully saturated rings. The molecule has 34 heavy (non-hydrogen) atoms. The van der Waals surface area contributed by atoms with Crippen LogP contribution in [0.15, 0.2) is 71.4 Å². The van der Waals surface area contributed by atoms with Crippen LogP contribution in [-0.2, 0) is 9.59 Å². The van der Waals surface area contributed by atoms with Gasteiger partial charge in [0.05, 0.1) is 15.7 Å². The van der Waals surface area contributed by atoms with Crippen LogP contribution in [0.2, 0.25) is 10.0 Å². The molecular formula is C25H18Cl3N3O3. The summed E-state index contributed by atoms with van der Waals surface area (Å²) in [6.07, 6.45) is 0. The molecule has 0 aromatic heterocycles. The van der Waals surface area contributed by atoms with Crippen molar-refractivity contribution in [3.8, 4) is 0 Å². The van der Waals surface area contributed by atoms with E-state index in [1.54, 1.807) is 48.5 Å². The van der Waals surface area contributed by atoms with Crippen molar-refractivity contribution in [2.24, 2.45) is 0 Å². The van der Waals surface area contributed by atoms with Crippen LogP contribution in [0, 0.1) is 13.8 Å². The Morgan fingerprint density at radius 2 is 1.59 bits per heavy atom. The first kappa shape index (κ1) is 23.8. The van der Waals surface area contributed by atoms with Gasteiger partial charge in [-0.15, -0.1) is 0 Å². The second-order valence-corrected chi connectivity index (χ2v) is 8.91. The zero-order valence-electron chi connectivity index (χ0n) is 18.1. The molecule has 1 aliphatic rings. The Hall–Kier alpha value is -3.32. The maximum Gasteiger partial charge on any atom is 0.283 e. The fraction of sp³-hybridized carbons (Fsp3) is 0.0800. The third-order valence-electron chi connectivity index (χ3n) is 5.19. The van der Waals surface area contributed by atoms with Crippen molar-refractivity contribution in [2.75, 3.05) is 15.5 Å². The highest BCUT2D eigenvalue weighted by molar-refractivity contribution is 6.53. The van der Waals surface area contributed by atoms with Gasteiger partial charge in [0.25, 0.3) is 17.7 Å². The average Bonchev–Trinajstić information content (AvgIpc) is 3.00. The van der Waals surface area contributed by atoms with Gasteiger partial charge in [0.2, 0.25) is 0 Å². The van der Waals surface area contributed by atoms with E-state index in [9.17, 15) is 14.4 Å². The molecule has 0 bridgehead atoms. The van der Waals surface area contributed by atoms with Crippen molar-refractivity contribution in [3.63, 3.8) is 0 Å². The third-order valence-corrected chi connectivity index (χ3v) is 6.28. The summed E-state index contributed by atoms with van der Waals surface area (Å²) in [4.78, 5) is 39.6. The topological polar surface area (TPSA) is 78.5 Å². The minimum absolute atomic E-state index is 0.0614. The second kappa shape index (κ2) is 9.50. The Kier molecular flexibility index (Phi) is 6.66. The van der Waals surface area contributed by atoms with Crippen molar-refractivity contribution in [1.82, 2.24) is 0 Å². The third kappa shape index (κ3) is 4.66. The molecule has 1 heterocycles. The molecule has 3 aromatic rings. The van der Waals surface area contributed by atoms with Crippen LogP contribution in [0.4, 0.5) is 17.1 Å². The number of carbonyl (C=O) groups excluding carboxylic acids is 3. The molecule has 0 unspecified atom stereocenters. The van der Waals surface area contributed by atoms with Crippen LogP contribution in [0.25, 0.3) is 0 Å². The molecule has 0 saturated carbocycles. The van der Waals surface area contributed by atoms with E-state index in [4.69, 9.17) is 34.8 Å². The largest absolute Gasteiger partial charge is 0.350 e. The molecule has 0 radical (unpaired) electrons. The molecule has 0 saturated heterocycles. The molecule has 4 rings (SSSR count). The summed E-state index contributed by atoms with van der Waals surface area (Å²) in [6.45, 7) is 3.74. The predicted octanol–water partition coefficient (Wildman–Crippen LogP) is 6.30. The Morgan fingerprint density at radius 1 is 0.824 bits per heavy atom. The van der Waals surface area contributed by atoms with E-state index < -0.39 is 17.7 Å². The van der Waals surface area contributed by atoms with Crippen molar-refractivity contribution >= 4 is 69.6 Å². The minimum Gasteiger partial charge on any atom is -0.350 e. The predicted molar refractivity (Wildman–Crippen MR) is 136 cm³/mol. The van der Waals surface area contributed by atoms with Gasteiger partial charge in [-0.05, 0) is 61.9 Å². The summed E-state index contributed by atoms with van der Waals surface area (Å²) in [6, 6.07) is 16.6. The lowest BCUT2D eigenvalue weighted by Gasteiger charge is -2.18. The smallest absolute Gasteiger partial charge is 0.283 e. The number of nitrogens with one attached hydrogen (secondary N) is 2. The molecule has 0 spiro atoms. The molecule has 0 atom stereocenters. The van der Waals surface area contributed by atoms with E-state index in [-0.39, 0.29) is 10.7 Å². The fourth-order valence-electron chi connectivity index (χ4n) is 3.55. The lowest BCUT2D eigenvalue weighted by molar-refractivity contribution is -0.120. The number of anilines is 3.